The van der Waals surface area contributed by atoms with E-state index in [1.165, 1.54) is 34.6 Å². The second kappa shape index (κ2) is 4.07. The number of nitrogens with zero attached hydrogens (tertiary/aromatic N) is 1. The van der Waals surface area contributed by atoms with Crippen LogP contribution in [0.1, 0.15) is 35.1 Å². The molecule has 0 saturated heterocycles. The van der Waals surface area contributed by atoms with E-state index in [1.807, 2.05) is 11.3 Å². The van der Waals surface area contributed by atoms with Gasteiger partial charge in [0.25, 0.3) is 0 Å². The fourth-order valence-corrected chi connectivity index (χ4v) is 3.30. The first-order chi connectivity index (χ1) is 6.86. The molecule has 1 aliphatic rings. The Hall–Kier alpha value is -0.920. The highest BCUT2D eigenvalue weighted by atomic mass is 32.1. The minimum absolute atomic E-state index is 0.933. The SMILES string of the molecule is CCc1sc2c(c1N=C=O)CCCC2. The third kappa shape index (κ3) is 1.54. The van der Waals surface area contributed by atoms with Gasteiger partial charge < -0.3 is 0 Å². The predicted octanol–water partition coefficient (Wildman–Crippen LogP) is 3.16. The van der Waals surface area contributed by atoms with Crippen LogP contribution in [0.4, 0.5) is 5.69 Å². The fourth-order valence-electron chi connectivity index (χ4n) is 2.02. The molecule has 1 aromatic heterocycles. The Kier molecular flexibility index (Phi) is 2.80. The van der Waals surface area contributed by atoms with Crippen LogP contribution >= 0.6 is 11.3 Å². The lowest BCUT2D eigenvalue weighted by atomic mass is 9.97. The average Bonchev–Trinajstić information content (AvgIpc) is 2.58. The van der Waals surface area contributed by atoms with Gasteiger partial charge in [-0.05, 0) is 37.7 Å². The topological polar surface area (TPSA) is 29.4 Å². The largest absolute Gasteiger partial charge is 0.240 e. The lowest BCUT2D eigenvalue weighted by Gasteiger charge is -2.09. The molecule has 0 aromatic carbocycles. The number of hydrogen-bond donors (Lipinski definition) is 0. The zero-order valence-corrected chi connectivity index (χ0v) is 9.12. The smallest absolute Gasteiger partial charge is 0.211 e. The first-order valence-corrected chi connectivity index (χ1v) is 5.89. The van der Waals surface area contributed by atoms with Crippen molar-refractivity contribution in [1.29, 1.82) is 0 Å². The van der Waals surface area contributed by atoms with Crippen LogP contribution < -0.4 is 0 Å². The number of aryl methyl sites for hydroxylation is 2. The Balaban J connectivity index is 2.52. The molecule has 0 fully saturated rings. The fraction of sp³-hybridized carbons (Fsp3) is 0.545. The molecule has 0 radical (unpaired) electrons. The monoisotopic (exact) mass is 207 g/mol. The number of rotatable bonds is 2. The van der Waals surface area contributed by atoms with E-state index < -0.39 is 0 Å². The molecular formula is C11H13NOS. The summed E-state index contributed by atoms with van der Waals surface area (Å²) in [6.07, 6.45) is 7.41. The Bertz CT molecular complexity index is 388. The van der Waals surface area contributed by atoms with Gasteiger partial charge in [0.1, 0.15) is 0 Å². The van der Waals surface area contributed by atoms with E-state index in [0.29, 0.717) is 0 Å². The molecular weight excluding hydrogens is 194 g/mol. The van der Waals surface area contributed by atoms with E-state index in [1.54, 1.807) is 6.08 Å². The molecule has 3 heteroatoms. The van der Waals surface area contributed by atoms with E-state index in [4.69, 9.17) is 0 Å². The zero-order chi connectivity index (χ0) is 9.97. The summed E-state index contributed by atoms with van der Waals surface area (Å²) in [5.74, 6) is 0. The van der Waals surface area contributed by atoms with Crippen LogP contribution in [0, 0.1) is 0 Å². The standard InChI is InChI=1S/C11H13NOS/c1-2-9-11(12-7-13)8-5-3-4-6-10(8)14-9/h2-6H2,1H3. The summed E-state index contributed by atoms with van der Waals surface area (Å²) in [6.45, 7) is 2.11. The van der Waals surface area contributed by atoms with Gasteiger partial charge in [-0.25, -0.2) is 4.79 Å². The molecule has 1 aliphatic carbocycles. The van der Waals surface area contributed by atoms with Crippen LogP contribution in [0.2, 0.25) is 0 Å². The first kappa shape index (κ1) is 9.63. The third-order valence-electron chi connectivity index (χ3n) is 2.69. The van der Waals surface area contributed by atoms with Crippen LogP contribution in [-0.4, -0.2) is 6.08 Å². The van der Waals surface area contributed by atoms with E-state index in [-0.39, 0.29) is 0 Å². The second-order valence-electron chi connectivity index (χ2n) is 3.54. The van der Waals surface area contributed by atoms with Gasteiger partial charge >= 0.3 is 0 Å². The van der Waals surface area contributed by atoms with Gasteiger partial charge in [0.2, 0.25) is 6.08 Å². The van der Waals surface area contributed by atoms with Crippen LogP contribution in [0.3, 0.4) is 0 Å². The van der Waals surface area contributed by atoms with Crippen molar-refractivity contribution in [3.05, 3.63) is 15.3 Å². The van der Waals surface area contributed by atoms with Crippen LogP contribution in [-0.2, 0) is 24.1 Å². The molecule has 0 saturated carbocycles. The number of aliphatic imine (C=N–C) groups is 1. The van der Waals surface area contributed by atoms with Crippen LogP contribution in [0.25, 0.3) is 0 Å². The normalized spacial score (nSPS) is 14.6. The zero-order valence-electron chi connectivity index (χ0n) is 8.30. The molecule has 2 nitrogen and oxygen atoms in total. The molecule has 14 heavy (non-hydrogen) atoms. The summed E-state index contributed by atoms with van der Waals surface area (Å²) in [5.41, 5.74) is 2.25. The summed E-state index contributed by atoms with van der Waals surface area (Å²) >= 11 is 1.83. The van der Waals surface area contributed by atoms with Crippen molar-refractivity contribution < 1.29 is 4.79 Å². The lowest BCUT2D eigenvalue weighted by Crippen LogP contribution is -1.97. The number of isocyanates is 1. The van der Waals surface area contributed by atoms with Gasteiger partial charge in [0.15, 0.2) is 0 Å². The van der Waals surface area contributed by atoms with Crippen molar-refractivity contribution in [3.8, 4) is 0 Å². The average molecular weight is 207 g/mol. The van der Waals surface area contributed by atoms with E-state index >= 15 is 0 Å². The minimum atomic E-state index is 0.933. The van der Waals surface area contributed by atoms with Crippen molar-refractivity contribution in [2.45, 2.75) is 39.0 Å². The molecule has 0 amide bonds. The summed E-state index contributed by atoms with van der Waals surface area (Å²) in [6, 6.07) is 0. The number of hydrogen-bond acceptors (Lipinski definition) is 3. The van der Waals surface area contributed by atoms with Gasteiger partial charge in [-0.1, -0.05) is 6.92 Å². The van der Waals surface area contributed by atoms with E-state index in [0.717, 1.165) is 18.5 Å². The summed E-state index contributed by atoms with van der Waals surface area (Å²) in [7, 11) is 0. The molecule has 2 rings (SSSR count). The minimum Gasteiger partial charge on any atom is -0.211 e. The second-order valence-corrected chi connectivity index (χ2v) is 4.73. The Morgan fingerprint density at radius 3 is 2.93 bits per heavy atom. The van der Waals surface area contributed by atoms with Crippen molar-refractivity contribution in [2.24, 2.45) is 4.99 Å². The molecule has 0 N–H and O–H groups in total. The van der Waals surface area contributed by atoms with Gasteiger partial charge in [0, 0.05) is 9.75 Å². The highest BCUT2D eigenvalue weighted by molar-refractivity contribution is 7.12. The van der Waals surface area contributed by atoms with E-state index in [9.17, 15) is 4.79 Å². The molecule has 1 heterocycles. The van der Waals surface area contributed by atoms with Gasteiger partial charge in [-0.15, -0.1) is 11.3 Å². The molecule has 0 atom stereocenters. The summed E-state index contributed by atoms with van der Waals surface area (Å²) in [5, 5.41) is 0. The molecule has 74 valence electrons. The lowest BCUT2D eigenvalue weighted by molar-refractivity contribution is 0.565. The van der Waals surface area contributed by atoms with Gasteiger partial charge in [0.05, 0.1) is 5.69 Å². The highest BCUT2D eigenvalue weighted by Gasteiger charge is 2.19. The Morgan fingerprint density at radius 2 is 2.21 bits per heavy atom. The molecule has 0 bridgehead atoms. The van der Waals surface area contributed by atoms with Crippen molar-refractivity contribution in [3.63, 3.8) is 0 Å². The number of fused-ring (bicyclic) bond motifs is 1. The molecule has 0 spiro atoms. The van der Waals surface area contributed by atoms with Gasteiger partial charge in [-0.2, -0.15) is 4.99 Å². The third-order valence-corrected chi connectivity index (χ3v) is 4.12. The van der Waals surface area contributed by atoms with E-state index in [2.05, 4.69) is 11.9 Å². The number of thiophene rings is 1. The van der Waals surface area contributed by atoms with Gasteiger partial charge in [-0.3, -0.25) is 0 Å². The quantitative estimate of drug-likeness (QED) is 0.541. The molecule has 0 unspecified atom stereocenters. The van der Waals surface area contributed by atoms with Crippen LogP contribution in [0.15, 0.2) is 4.99 Å². The van der Waals surface area contributed by atoms with Crippen molar-refractivity contribution in [1.82, 2.24) is 0 Å². The van der Waals surface area contributed by atoms with Crippen molar-refractivity contribution in [2.75, 3.05) is 0 Å². The van der Waals surface area contributed by atoms with Crippen LogP contribution in [0.5, 0.6) is 0 Å². The van der Waals surface area contributed by atoms with Crippen molar-refractivity contribution >= 4 is 23.1 Å². The summed E-state index contributed by atoms with van der Waals surface area (Å²) < 4.78 is 0. The maximum Gasteiger partial charge on any atom is 0.240 e. The predicted molar refractivity (Wildman–Crippen MR) is 58.1 cm³/mol. The first-order valence-electron chi connectivity index (χ1n) is 5.08. The molecule has 0 aliphatic heterocycles. The maximum atomic E-state index is 10.3. The highest BCUT2D eigenvalue weighted by Crippen LogP contribution is 2.39. The Morgan fingerprint density at radius 1 is 1.43 bits per heavy atom. The maximum absolute atomic E-state index is 10.3. The summed E-state index contributed by atoms with van der Waals surface area (Å²) in [4.78, 5) is 16.9. The molecule has 1 aromatic rings. The Labute approximate surface area is 87.7 Å². The number of carbonyl (C=O) groups excluding carboxylic acids is 1.